The predicted molar refractivity (Wildman–Crippen MR) is 101 cm³/mol. The molecule has 1 amide bonds. The maximum Gasteiger partial charge on any atom is 0.257 e. The molecule has 0 aromatic heterocycles. The van der Waals surface area contributed by atoms with E-state index < -0.39 is 0 Å². The molecule has 0 bridgehead atoms. The lowest BCUT2D eigenvalue weighted by molar-refractivity contribution is -0.135. The van der Waals surface area contributed by atoms with Gasteiger partial charge in [0.2, 0.25) is 0 Å². The highest BCUT2D eigenvalue weighted by atomic mass is 19.1. The van der Waals surface area contributed by atoms with Crippen molar-refractivity contribution in [3.8, 4) is 0 Å². The molecule has 2 aliphatic heterocycles. The predicted octanol–water partition coefficient (Wildman–Crippen LogP) is 2.84. The van der Waals surface area contributed by atoms with Crippen LogP contribution >= 0.6 is 0 Å². The molecule has 2 heterocycles. The minimum absolute atomic E-state index is 0.0721. The molecule has 2 aromatic carbocycles. The number of carbonyl (C=O) groups is 1. The van der Waals surface area contributed by atoms with E-state index in [1.165, 1.54) is 11.1 Å². The Kier molecular flexibility index (Phi) is 5.27. The minimum atomic E-state index is -0.314. The molecule has 4 rings (SSSR count). The van der Waals surface area contributed by atoms with Crippen LogP contribution in [0.4, 0.5) is 4.39 Å². The van der Waals surface area contributed by atoms with Crippen LogP contribution in [0.5, 0.6) is 0 Å². The first-order chi connectivity index (χ1) is 13.2. The van der Waals surface area contributed by atoms with Crippen LogP contribution in [0.15, 0.2) is 59.7 Å². The maximum atomic E-state index is 14.3. The third-order valence-electron chi connectivity index (χ3n) is 5.00. The van der Waals surface area contributed by atoms with Crippen molar-refractivity contribution < 1.29 is 13.9 Å². The second-order valence-electron chi connectivity index (χ2n) is 6.78. The van der Waals surface area contributed by atoms with Gasteiger partial charge in [0, 0.05) is 25.1 Å². The molecule has 140 valence electrons. The van der Waals surface area contributed by atoms with Crippen molar-refractivity contribution in [2.24, 2.45) is 5.10 Å². The Hall–Kier alpha value is -2.57. The molecule has 0 spiro atoms. The fraction of sp³-hybridized carbons (Fsp3) is 0.333. The van der Waals surface area contributed by atoms with E-state index in [1.807, 2.05) is 30.3 Å². The van der Waals surface area contributed by atoms with E-state index in [0.29, 0.717) is 37.5 Å². The lowest BCUT2D eigenvalue weighted by Crippen LogP contribution is -2.43. The van der Waals surface area contributed by atoms with Crippen molar-refractivity contribution in [2.75, 3.05) is 32.8 Å². The number of hydrazone groups is 1. The Morgan fingerprint density at radius 3 is 2.52 bits per heavy atom. The highest BCUT2D eigenvalue weighted by Gasteiger charge is 2.34. The fourth-order valence-corrected chi connectivity index (χ4v) is 3.56. The second-order valence-corrected chi connectivity index (χ2v) is 6.78. The van der Waals surface area contributed by atoms with Crippen LogP contribution in [0.3, 0.4) is 0 Å². The number of morpholine rings is 1. The van der Waals surface area contributed by atoms with Crippen molar-refractivity contribution in [3.05, 3.63) is 71.5 Å². The molecule has 0 N–H and O–H groups in total. The highest BCUT2D eigenvalue weighted by molar-refractivity contribution is 6.03. The van der Waals surface area contributed by atoms with Gasteiger partial charge in [0.05, 0.1) is 31.5 Å². The van der Waals surface area contributed by atoms with E-state index in [1.54, 1.807) is 18.2 Å². The SMILES string of the molecule is O=C(CN1CCOCC1)N1N=C(c2ccccc2F)CC1c1ccccc1. The van der Waals surface area contributed by atoms with Crippen molar-refractivity contribution in [1.82, 2.24) is 9.91 Å². The van der Waals surface area contributed by atoms with Gasteiger partial charge in [-0.15, -0.1) is 0 Å². The molecule has 1 saturated heterocycles. The summed E-state index contributed by atoms with van der Waals surface area (Å²) in [4.78, 5) is 15.1. The molecule has 0 radical (unpaired) electrons. The molecule has 2 aliphatic rings. The van der Waals surface area contributed by atoms with Crippen LogP contribution in [0, 0.1) is 5.82 Å². The standard InChI is InChI=1S/C21H22FN3O2/c22-18-9-5-4-8-17(18)19-14-20(16-6-2-1-3-7-16)25(23-19)21(26)15-24-10-12-27-13-11-24/h1-9,20H,10-15H2. The summed E-state index contributed by atoms with van der Waals surface area (Å²) in [5, 5.41) is 6.08. The van der Waals surface area contributed by atoms with Gasteiger partial charge in [0.25, 0.3) is 5.91 Å². The summed E-state index contributed by atoms with van der Waals surface area (Å²) in [6, 6.07) is 16.2. The molecule has 1 atom stereocenters. The van der Waals surface area contributed by atoms with Crippen molar-refractivity contribution in [3.63, 3.8) is 0 Å². The Bertz CT molecular complexity index is 834. The number of halogens is 1. The molecule has 0 saturated carbocycles. The number of amides is 1. The summed E-state index contributed by atoms with van der Waals surface area (Å²) >= 11 is 0. The van der Waals surface area contributed by atoms with Crippen LogP contribution in [-0.2, 0) is 9.53 Å². The molecule has 2 aromatic rings. The molecular formula is C21H22FN3O2. The average Bonchev–Trinajstić information content (AvgIpc) is 3.15. The van der Waals surface area contributed by atoms with E-state index in [2.05, 4.69) is 10.0 Å². The van der Waals surface area contributed by atoms with Gasteiger partial charge in [-0.3, -0.25) is 9.69 Å². The molecule has 0 aliphatic carbocycles. The Morgan fingerprint density at radius 1 is 1.07 bits per heavy atom. The first-order valence-electron chi connectivity index (χ1n) is 9.22. The summed E-state index contributed by atoms with van der Waals surface area (Å²) in [6.07, 6.45) is 0.500. The number of hydrogen-bond acceptors (Lipinski definition) is 4. The molecule has 1 unspecified atom stereocenters. The zero-order chi connectivity index (χ0) is 18.6. The van der Waals surface area contributed by atoms with E-state index in [-0.39, 0.29) is 17.8 Å². The quantitative estimate of drug-likeness (QED) is 0.835. The van der Waals surface area contributed by atoms with Crippen molar-refractivity contribution >= 4 is 11.6 Å². The van der Waals surface area contributed by atoms with Gasteiger partial charge in [-0.25, -0.2) is 9.40 Å². The number of ether oxygens (including phenoxy) is 1. The van der Waals surface area contributed by atoms with Gasteiger partial charge in [-0.05, 0) is 11.6 Å². The molecule has 5 nitrogen and oxygen atoms in total. The summed E-state index contributed by atoms with van der Waals surface area (Å²) in [5.74, 6) is -0.386. The molecular weight excluding hydrogens is 345 g/mol. The van der Waals surface area contributed by atoms with Crippen LogP contribution in [-0.4, -0.2) is 54.4 Å². The Balaban J connectivity index is 1.61. The molecule has 6 heteroatoms. The summed E-state index contributed by atoms with van der Waals surface area (Å²) in [6.45, 7) is 3.04. The van der Waals surface area contributed by atoms with Gasteiger partial charge in [0.15, 0.2) is 0 Å². The lowest BCUT2D eigenvalue weighted by atomic mass is 9.98. The number of nitrogens with zero attached hydrogens (tertiary/aromatic N) is 3. The zero-order valence-corrected chi connectivity index (χ0v) is 15.1. The van der Waals surface area contributed by atoms with E-state index in [4.69, 9.17) is 4.74 Å². The smallest absolute Gasteiger partial charge is 0.257 e. The van der Waals surface area contributed by atoms with Crippen LogP contribution < -0.4 is 0 Å². The van der Waals surface area contributed by atoms with Crippen LogP contribution in [0.1, 0.15) is 23.6 Å². The van der Waals surface area contributed by atoms with E-state index in [9.17, 15) is 9.18 Å². The Labute approximate surface area is 158 Å². The number of carbonyl (C=O) groups excluding carboxylic acids is 1. The maximum absolute atomic E-state index is 14.3. The highest BCUT2D eigenvalue weighted by Crippen LogP contribution is 2.33. The van der Waals surface area contributed by atoms with Crippen molar-refractivity contribution in [1.29, 1.82) is 0 Å². The fourth-order valence-electron chi connectivity index (χ4n) is 3.56. The van der Waals surface area contributed by atoms with Crippen LogP contribution in [0.2, 0.25) is 0 Å². The van der Waals surface area contributed by atoms with Crippen molar-refractivity contribution in [2.45, 2.75) is 12.5 Å². The zero-order valence-electron chi connectivity index (χ0n) is 15.1. The first kappa shape index (κ1) is 17.8. The third-order valence-corrected chi connectivity index (χ3v) is 5.00. The summed E-state index contributed by atoms with van der Waals surface area (Å²) in [7, 11) is 0. The van der Waals surface area contributed by atoms with Crippen LogP contribution in [0.25, 0.3) is 0 Å². The topological polar surface area (TPSA) is 45.1 Å². The first-order valence-corrected chi connectivity index (χ1v) is 9.22. The molecule has 27 heavy (non-hydrogen) atoms. The van der Waals surface area contributed by atoms with Gasteiger partial charge in [-0.2, -0.15) is 5.10 Å². The Morgan fingerprint density at radius 2 is 1.78 bits per heavy atom. The van der Waals surface area contributed by atoms with E-state index >= 15 is 0 Å². The number of rotatable bonds is 4. The largest absolute Gasteiger partial charge is 0.379 e. The normalized spacial score (nSPS) is 20.6. The van der Waals surface area contributed by atoms with Gasteiger partial charge < -0.3 is 4.74 Å². The van der Waals surface area contributed by atoms with Gasteiger partial charge >= 0.3 is 0 Å². The number of benzene rings is 2. The van der Waals surface area contributed by atoms with E-state index in [0.717, 1.165) is 18.7 Å². The lowest BCUT2D eigenvalue weighted by Gasteiger charge is -2.29. The number of hydrogen-bond donors (Lipinski definition) is 0. The monoisotopic (exact) mass is 367 g/mol. The second kappa shape index (κ2) is 7.98. The molecule has 1 fully saturated rings. The average molecular weight is 367 g/mol. The summed E-state index contributed by atoms with van der Waals surface area (Å²) < 4.78 is 19.6. The summed E-state index contributed by atoms with van der Waals surface area (Å²) in [5.41, 5.74) is 2.07. The minimum Gasteiger partial charge on any atom is -0.379 e. The third kappa shape index (κ3) is 3.91. The van der Waals surface area contributed by atoms with Gasteiger partial charge in [0.1, 0.15) is 5.82 Å². The van der Waals surface area contributed by atoms with Gasteiger partial charge in [-0.1, -0.05) is 48.5 Å².